The van der Waals surface area contributed by atoms with Crippen LogP contribution in [0.2, 0.25) is 0 Å². The van der Waals surface area contributed by atoms with E-state index in [1.807, 2.05) is 6.33 Å². The molecule has 1 aliphatic rings. The number of nitrogens with zero attached hydrogens (tertiary/aromatic N) is 3. The highest BCUT2D eigenvalue weighted by Crippen LogP contribution is 2.19. The van der Waals surface area contributed by atoms with E-state index in [-0.39, 0.29) is 18.4 Å². The predicted octanol–water partition coefficient (Wildman–Crippen LogP) is 2.05. The molecule has 0 spiro atoms. The van der Waals surface area contributed by atoms with Crippen LogP contribution < -0.4 is 5.73 Å². The highest BCUT2D eigenvalue weighted by Gasteiger charge is 2.21. The molecule has 0 saturated carbocycles. The Hall–Kier alpha value is -0.580. The number of likely N-dealkylation sites (tertiary alicyclic amines) is 1. The van der Waals surface area contributed by atoms with Crippen LogP contribution in [-0.2, 0) is 6.54 Å². The maximum atomic E-state index is 6.10. The Kier molecular flexibility index (Phi) is 5.63. The van der Waals surface area contributed by atoms with E-state index in [2.05, 4.69) is 41.5 Å². The summed E-state index contributed by atoms with van der Waals surface area (Å²) in [6, 6.07) is 0.713. The first-order valence-corrected chi connectivity index (χ1v) is 6.55. The van der Waals surface area contributed by atoms with Crippen LogP contribution in [-0.4, -0.2) is 34.1 Å². The van der Waals surface area contributed by atoms with E-state index in [1.54, 1.807) is 0 Å². The molecular weight excluding hydrogens is 248 g/mol. The topological polar surface area (TPSA) is 47.1 Å². The summed E-state index contributed by atoms with van der Waals surface area (Å²) in [7, 11) is 2.20. The molecule has 0 aliphatic carbocycles. The lowest BCUT2D eigenvalue weighted by Crippen LogP contribution is -2.28. The number of aromatic nitrogens is 2. The Bertz CT molecular complexity index is 364. The number of rotatable bonds is 4. The number of imidazole rings is 1. The fraction of sp³-hybridized carbons (Fsp3) is 0.769. The molecule has 1 aliphatic heterocycles. The molecule has 104 valence electrons. The summed E-state index contributed by atoms with van der Waals surface area (Å²) in [5.41, 5.74) is 7.11. The van der Waals surface area contributed by atoms with Gasteiger partial charge in [-0.05, 0) is 32.4 Å². The summed E-state index contributed by atoms with van der Waals surface area (Å²) in [6.45, 7) is 6.52. The second-order valence-corrected chi connectivity index (χ2v) is 5.54. The van der Waals surface area contributed by atoms with E-state index in [4.69, 9.17) is 5.73 Å². The van der Waals surface area contributed by atoms with E-state index >= 15 is 0 Å². The van der Waals surface area contributed by atoms with Crippen LogP contribution in [0.3, 0.4) is 0 Å². The van der Waals surface area contributed by atoms with Crippen molar-refractivity contribution in [2.75, 3.05) is 13.6 Å². The SMILES string of the molecule is CC(C)C(N)c1cn(C[C@@H]2CCCN2C)cn1.Cl. The van der Waals surface area contributed by atoms with Crippen LogP contribution >= 0.6 is 12.4 Å². The molecule has 1 fully saturated rings. The fourth-order valence-corrected chi connectivity index (χ4v) is 2.44. The van der Waals surface area contributed by atoms with Gasteiger partial charge in [-0.2, -0.15) is 0 Å². The van der Waals surface area contributed by atoms with Crippen molar-refractivity contribution >= 4 is 12.4 Å². The molecule has 4 nitrogen and oxygen atoms in total. The van der Waals surface area contributed by atoms with Gasteiger partial charge in [-0.25, -0.2) is 4.98 Å². The molecule has 1 aromatic rings. The van der Waals surface area contributed by atoms with Crippen molar-refractivity contribution in [3.8, 4) is 0 Å². The average Bonchev–Trinajstić information content (AvgIpc) is 2.88. The highest BCUT2D eigenvalue weighted by molar-refractivity contribution is 5.85. The molecule has 0 amide bonds. The quantitative estimate of drug-likeness (QED) is 0.913. The van der Waals surface area contributed by atoms with Crippen LogP contribution in [0.25, 0.3) is 0 Å². The summed E-state index contributed by atoms with van der Waals surface area (Å²) >= 11 is 0. The predicted molar refractivity (Wildman–Crippen MR) is 76.9 cm³/mol. The van der Waals surface area contributed by atoms with E-state index in [9.17, 15) is 0 Å². The zero-order valence-electron chi connectivity index (χ0n) is 11.5. The van der Waals surface area contributed by atoms with Gasteiger partial charge in [0.2, 0.25) is 0 Å². The molecule has 18 heavy (non-hydrogen) atoms. The molecule has 2 rings (SSSR count). The minimum absolute atomic E-state index is 0. The maximum absolute atomic E-state index is 6.10. The van der Waals surface area contributed by atoms with Crippen molar-refractivity contribution in [2.45, 2.75) is 45.3 Å². The largest absolute Gasteiger partial charge is 0.336 e. The molecule has 0 aromatic carbocycles. The summed E-state index contributed by atoms with van der Waals surface area (Å²) in [4.78, 5) is 6.86. The van der Waals surface area contributed by atoms with E-state index in [1.165, 1.54) is 19.4 Å². The van der Waals surface area contributed by atoms with E-state index in [0.29, 0.717) is 12.0 Å². The van der Waals surface area contributed by atoms with Crippen LogP contribution in [0.5, 0.6) is 0 Å². The van der Waals surface area contributed by atoms with Gasteiger partial charge in [0.05, 0.1) is 18.1 Å². The Morgan fingerprint density at radius 2 is 2.22 bits per heavy atom. The van der Waals surface area contributed by atoms with Gasteiger partial charge in [0.15, 0.2) is 0 Å². The molecule has 1 unspecified atom stereocenters. The lowest BCUT2D eigenvalue weighted by Gasteiger charge is -2.19. The normalized spacial score (nSPS) is 22.2. The van der Waals surface area contributed by atoms with Gasteiger partial charge >= 0.3 is 0 Å². The maximum Gasteiger partial charge on any atom is 0.0950 e. The summed E-state index contributed by atoms with van der Waals surface area (Å²) in [6.07, 6.45) is 6.63. The van der Waals surface area contributed by atoms with Crippen molar-refractivity contribution in [2.24, 2.45) is 11.7 Å². The van der Waals surface area contributed by atoms with Gasteiger partial charge in [0.25, 0.3) is 0 Å². The van der Waals surface area contributed by atoms with Gasteiger partial charge in [-0.15, -0.1) is 12.4 Å². The van der Waals surface area contributed by atoms with Crippen molar-refractivity contribution < 1.29 is 0 Å². The van der Waals surface area contributed by atoms with E-state index in [0.717, 1.165) is 12.2 Å². The van der Waals surface area contributed by atoms with Crippen molar-refractivity contribution in [3.05, 3.63) is 18.2 Å². The summed E-state index contributed by atoms with van der Waals surface area (Å²) in [5.74, 6) is 0.438. The van der Waals surface area contributed by atoms with Crippen molar-refractivity contribution in [1.29, 1.82) is 0 Å². The zero-order valence-corrected chi connectivity index (χ0v) is 12.4. The van der Waals surface area contributed by atoms with Gasteiger partial charge in [-0.1, -0.05) is 13.8 Å². The highest BCUT2D eigenvalue weighted by atomic mass is 35.5. The number of nitrogens with two attached hydrogens (primary N) is 1. The van der Waals surface area contributed by atoms with Crippen LogP contribution in [0.15, 0.2) is 12.5 Å². The Labute approximate surface area is 116 Å². The monoisotopic (exact) mass is 272 g/mol. The number of hydrogen-bond acceptors (Lipinski definition) is 3. The number of halogens is 1. The van der Waals surface area contributed by atoms with Crippen LogP contribution in [0, 0.1) is 5.92 Å². The number of hydrogen-bond donors (Lipinski definition) is 1. The third kappa shape index (κ3) is 3.46. The second kappa shape index (κ2) is 6.55. The molecule has 0 radical (unpaired) electrons. The molecule has 1 aromatic heterocycles. The molecule has 1 saturated heterocycles. The Balaban J connectivity index is 0.00000162. The summed E-state index contributed by atoms with van der Waals surface area (Å²) < 4.78 is 2.18. The molecule has 5 heteroatoms. The first kappa shape index (κ1) is 15.5. The van der Waals surface area contributed by atoms with Crippen LogP contribution in [0.1, 0.15) is 38.4 Å². The molecule has 2 heterocycles. The molecule has 2 N–H and O–H groups in total. The smallest absolute Gasteiger partial charge is 0.0950 e. The van der Waals surface area contributed by atoms with Crippen molar-refractivity contribution in [1.82, 2.24) is 14.5 Å². The minimum Gasteiger partial charge on any atom is -0.336 e. The van der Waals surface area contributed by atoms with Gasteiger partial charge in [0, 0.05) is 18.8 Å². The van der Waals surface area contributed by atoms with Crippen LogP contribution in [0.4, 0.5) is 0 Å². The summed E-state index contributed by atoms with van der Waals surface area (Å²) in [5, 5.41) is 0. The number of likely N-dealkylation sites (N-methyl/N-ethyl adjacent to an activating group) is 1. The fourth-order valence-electron chi connectivity index (χ4n) is 2.44. The second-order valence-electron chi connectivity index (χ2n) is 5.54. The molecule has 0 bridgehead atoms. The minimum atomic E-state index is 0. The van der Waals surface area contributed by atoms with Gasteiger partial charge < -0.3 is 15.2 Å². The van der Waals surface area contributed by atoms with Gasteiger partial charge in [0.1, 0.15) is 0 Å². The third-order valence-corrected chi connectivity index (χ3v) is 3.81. The standard InChI is InChI=1S/C13H24N4.ClH/c1-10(2)13(14)12-8-17(9-15-12)7-11-5-4-6-16(11)3;/h8-11,13H,4-7,14H2,1-3H3;1H/t11-,13?;/m0./s1. The zero-order chi connectivity index (χ0) is 12.4. The average molecular weight is 273 g/mol. The van der Waals surface area contributed by atoms with Gasteiger partial charge in [-0.3, -0.25) is 0 Å². The first-order chi connectivity index (χ1) is 8.08. The lowest BCUT2D eigenvalue weighted by molar-refractivity contribution is 0.282. The lowest BCUT2D eigenvalue weighted by atomic mass is 10.0. The first-order valence-electron chi connectivity index (χ1n) is 6.55. The Morgan fingerprint density at radius 1 is 1.50 bits per heavy atom. The molecular formula is C13H25ClN4. The Morgan fingerprint density at radius 3 is 2.78 bits per heavy atom. The van der Waals surface area contributed by atoms with Crippen molar-refractivity contribution in [3.63, 3.8) is 0 Å². The third-order valence-electron chi connectivity index (χ3n) is 3.81. The molecule has 2 atom stereocenters. The van der Waals surface area contributed by atoms with E-state index < -0.39 is 0 Å².